The van der Waals surface area contributed by atoms with Crippen LogP contribution < -0.4 is 0 Å². The van der Waals surface area contributed by atoms with E-state index in [0.29, 0.717) is 17.0 Å². The number of ketones is 1. The van der Waals surface area contributed by atoms with Crippen molar-refractivity contribution in [3.05, 3.63) is 70.7 Å². The Kier molecular flexibility index (Phi) is 4.53. The molecule has 1 atom stereocenters. The molecule has 0 saturated heterocycles. The van der Waals surface area contributed by atoms with Gasteiger partial charge in [-0.05, 0) is 29.7 Å². The van der Waals surface area contributed by atoms with Gasteiger partial charge in [0, 0.05) is 5.02 Å². The topological polar surface area (TPSA) is 54.4 Å². The van der Waals surface area contributed by atoms with E-state index >= 15 is 0 Å². The lowest BCUT2D eigenvalue weighted by Crippen LogP contribution is -2.23. The molecule has 1 unspecified atom stereocenters. The first-order valence-electron chi connectivity index (χ1n) is 6.14. The van der Waals surface area contributed by atoms with Crippen molar-refractivity contribution < 1.29 is 14.7 Å². The van der Waals surface area contributed by atoms with E-state index in [1.807, 2.05) is 6.07 Å². The van der Waals surface area contributed by atoms with Crippen LogP contribution >= 0.6 is 11.6 Å². The molecule has 0 spiro atoms. The zero-order chi connectivity index (χ0) is 14.5. The van der Waals surface area contributed by atoms with Crippen molar-refractivity contribution >= 4 is 23.4 Å². The SMILES string of the molecule is O=C(O)C(=O)C(Cc1ccc(Cl)cc1)c1ccccc1. The van der Waals surface area contributed by atoms with Crippen LogP contribution in [0.3, 0.4) is 0 Å². The van der Waals surface area contributed by atoms with Gasteiger partial charge in [-0.15, -0.1) is 0 Å². The number of benzene rings is 2. The van der Waals surface area contributed by atoms with Gasteiger partial charge in [-0.2, -0.15) is 0 Å². The van der Waals surface area contributed by atoms with E-state index in [9.17, 15) is 9.59 Å². The van der Waals surface area contributed by atoms with Gasteiger partial charge in [0.2, 0.25) is 5.78 Å². The predicted octanol–water partition coefficient (Wildman–Crippen LogP) is 3.32. The Bertz CT molecular complexity index is 605. The smallest absolute Gasteiger partial charge is 0.372 e. The molecule has 0 aliphatic heterocycles. The molecule has 3 nitrogen and oxygen atoms in total. The van der Waals surface area contributed by atoms with E-state index in [4.69, 9.17) is 16.7 Å². The summed E-state index contributed by atoms with van der Waals surface area (Å²) in [4.78, 5) is 22.9. The first-order chi connectivity index (χ1) is 9.58. The second kappa shape index (κ2) is 6.35. The maximum Gasteiger partial charge on any atom is 0.372 e. The molecule has 102 valence electrons. The normalized spacial score (nSPS) is 11.8. The summed E-state index contributed by atoms with van der Waals surface area (Å²) in [6.45, 7) is 0. The van der Waals surface area contributed by atoms with Crippen LogP contribution in [0.5, 0.6) is 0 Å². The summed E-state index contributed by atoms with van der Waals surface area (Å²) in [5.74, 6) is -2.89. The minimum absolute atomic E-state index is 0.340. The third-order valence-electron chi connectivity index (χ3n) is 3.08. The molecule has 0 bridgehead atoms. The van der Waals surface area contributed by atoms with E-state index in [1.54, 1.807) is 48.5 Å². The van der Waals surface area contributed by atoms with Crippen molar-refractivity contribution in [3.63, 3.8) is 0 Å². The second-order valence-electron chi connectivity index (χ2n) is 4.46. The van der Waals surface area contributed by atoms with Gasteiger partial charge in [0.05, 0.1) is 5.92 Å². The molecular weight excluding hydrogens is 276 g/mol. The van der Waals surface area contributed by atoms with Gasteiger partial charge < -0.3 is 5.11 Å². The summed E-state index contributed by atoms with van der Waals surface area (Å²) in [5, 5.41) is 9.57. The lowest BCUT2D eigenvalue weighted by Gasteiger charge is -2.14. The molecule has 2 rings (SSSR count). The number of carboxylic acid groups (broad SMARTS) is 1. The summed E-state index contributed by atoms with van der Waals surface area (Å²) in [6, 6.07) is 16.0. The molecule has 0 fully saturated rings. The monoisotopic (exact) mass is 288 g/mol. The zero-order valence-corrected chi connectivity index (χ0v) is 11.4. The molecule has 2 aromatic carbocycles. The van der Waals surface area contributed by atoms with Crippen LogP contribution in [-0.4, -0.2) is 16.9 Å². The molecule has 0 aliphatic carbocycles. The fourth-order valence-corrected chi connectivity index (χ4v) is 2.18. The van der Waals surface area contributed by atoms with Gasteiger partial charge in [0.1, 0.15) is 0 Å². The standard InChI is InChI=1S/C16H13ClO3/c17-13-8-6-11(7-9-13)10-14(15(18)16(19)20)12-4-2-1-3-5-12/h1-9,14H,10H2,(H,19,20). The lowest BCUT2D eigenvalue weighted by atomic mass is 9.88. The summed E-state index contributed by atoms with van der Waals surface area (Å²) in [6.07, 6.45) is 0.340. The van der Waals surface area contributed by atoms with E-state index in [1.165, 1.54) is 0 Å². The van der Waals surface area contributed by atoms with Gasteiger partial charge in [-0.3, -0.25) is 4.79 Å². The minimum Gasteiger partial charge on any atom is -0.475 e. The average molecular weight is 289 g/mol. The summed E-state index contributed by atoms with van der Waals surface area (Å²) in [5.41, 5.74) is 1.58. The fraction of sp³-hybridized carbons (Fsp3) is 0.125. The highest BCUT2D eigenvalue weighted by molar-refractivity contribution is 6.35. The molecule has 1 N–H and O–H groups in total. The van der Waals surface area contributed by atoms with Crippen molar-refractivity contribution in [2.45, 2.75) is 12.3 Å². The van der Waals surface area contributed by atoms with Crippen LogP contribution in [0, 0.1) is 0 Å². The van der Waals surface area contributed by atoms with Gasteiger partial charge in [-0.1, -0.05) is 54.1 Å². The van der Waals surface area contributed by atoms with E-state index in [0.717, 1.165) is 5.56 Å². The van der Waals surface area contributed by atoms with Crippen molar-refractivity contribution in [2.75, 3.05) is 0 Å². The van der Waals surface area contributed by atoms with E-state index < -0.39 is 17.7 Å². The highest BCUT2D eigenvalue weighted by atomic mass is 35.5. The molecule has 0 saturated carbocycles. The number of hydrogen-bond donors (Lipinski definition) is 1. The Morgan fingerprint density at radius 3 is 2.15 bits per heavy atom. The third-order valence-corrected chi connectivity index (χ3v) is 3.33. The maximum atomic E-state index is 11.9. The molecule has 4 heteroatoms. The van der Waals surface area contributed by atoms with Crippen molar-refractivity contribution in [2.24, 2.45) is 0 Å². The van der Waals surface area contributed by atoms with Crippen molar-refractivity contribution in [1.82, 2.24) is 0 Å². The number of Topliss-reactive ketones (excluding diaryl/α,β-unsaturated/α-hetero) is 1. The molecule has 0 heterocycles. The predicted molar refractivity (Wildman–Crippen MR) is 77.0 cm³/mol. The number of hydrogen-bond acceptors (Lipinski definition) is 2. The van der Waals surface area contributed by atoms with Gasteiger partial charge in [0.15, 0.2) is 0 Å². The fourth-order valence-electron chi connectivity index (χ4n) is 2.05. The molecule has 0 amide bonds. The van der Waals surface area contributed by atoms with Gasteiger partial charge in [-0.25, -0.2) is 4.79 Å². The zero-order valence-electron chi connectivity index (χ0n) is 10.6. The Morgan fingerprint density at radius 1 is 1.00 bits per heavy atom. The van der Waals surface area contributed by atoms with Crippen molar-refractivity contribution in [3.8, 4) is 0 Å². The first-order valence-corrected chi connectivity index (χ1v) is 6.52. The Hall–Kier alpha value is -2.13. The molecule has 2 aromatic rings. The van der Waals surface area contributed by atoms with Gasteiger partial charge in [0.25, 0.3) is 0 Å². The summed E-state index contributed by atoms with van der Waals surface area (Å²) >= 11 is 5.82. The second-order valence-corrected chi connectivity index (χ2v) is 4.90. The highest BCUT2D eigenvalue weighted by Crippen LogP contribution is 2.23. The lowest BCUT2D eigenvalue weighted by molar-refractivity contribution is -0.149. The molecule has 20 heavy (non-hydrogen) atoms. The molecule has 0 aromatic heterocycles. The molecule has 0 radical (unpaired) electrons. The largest absolute Gasteiger partial charge is 0.475 e. The highest BCUT2D eigenvalue weighted by Gasteiger charge is 2.26. The van der Waals surface area contributed by atoms with E-state index in [-0.39, 0.29) is 0 Å². The van der Waals surface area contributed by atoms with Crippen LogP contribution in [0.1, 0.15) is 17.0 Å². The summed E-state index contributed by atoms with van der Waals surface area (Å²) in [7, 11) is 0. The van der Waals surface area contributed by atoms with Crippen LogP contribution in [0.15, 0.2) is 54.6 Å². The quantitative estimate of drug-likeness (QED) is 0.859. The van der Waals surface area contributed by atoms with Crippen LogP contribution in [-0.2, 0) is 16.0 Å². The minimum atomic E-state index is -1.41. The van der Waals surface area contributed by atoms with Crippen LogP contribution in [0.2, 0.25) is 5.02 Å². The number of carbonyl (C=O) groups excluding carboxylic acids is 1. The average Bonchev–Trinajstić information content (AvgIpc) is 2.47. The third kappa shape index (κ3) is 3.45. The number of rotatable bonds is 5. The Morgan fingerprint density at radius 2 is 1.60 bits per heavy atom. The molecule has 0 aliphatic rings. The van der Waals surface area contributed by atoms with Crippen molar-refractivity contribution in [1.29, 1.82) is 0 Å². The van der Waals surface area contributed by atoms with Crippen LogP contribution in [0.4, 0.5) is 0 Å². The molecular formula is C16H13ClO3. The Balaban J connectivity index is 2.30. The Labute approximate surface area is 121 Å². The number of carbonyl (C=O) groups is 2. The van der Waals surface area contributed by atoms with Gasteiger partial charge >= 0.3 is 5.97 Å². The number of carboxylic acids is 1. The first kappa shape index (κ1) is 14.3. The number of aliphatic carboxylic acids is 1. The summed E-state index contributed by atoms with van der Waals surface area (Å²) < 4.78 is 0. The maximum absolute atomic E-state index is 11.9. The van der Waals surface area contributed by atoms with Crippen LogP contribution in [0.25, 0.3) is 0 Å². The number of halogens is 1. The van der Waals surface area contributed by atoms with E-state index in [2.05, 4.69) is 0 Å².